The van der Waals surface area contributed by atoms with Crippen LogP contribution >= 0.6 is 0 Å². The molecule has 3 aromatic carbocycles. The van der Waals surface area contributed by atoms with E-state index in [1.165, 1.54) is 12.1 Å². The summed E-state index contributed by atoms with van der Waals surface area (Å²) in [6, 6.07) is 15.5. The van der Waals surface area contributed by atoms with Crippen molar-refractivity contribution < 1.29 is 26.7 Å². The summed E-state index contributed by atoms with van der Waals surface area (Å²) in [5.41, 5.74) is 1.57. The van der Waals surface area contributed by atoms with Gasteiger partial charge in [0.1, 0.15) is 0 Å². The number of halogens is 5. The molecule has 4 rings (SSSR count). The maximum absolute atomic E-state index is 12.9. The van der Waals surface area contributed by atoms with E-state index in [0.717, 1.165) is 28.5 Å². The highest BCUT2D eigenvalue weighted by Crippen LogP contribution is 2.33. The second-order valence-electron chi connectivity index (χ2n) is 8.10. The van der Waals surface area contributed by atoms with Gasteiger partial charge in [-0.3, -0.25) is 9.69 Å². The molecule has 0 saturated carbocycles. The number of likely N-dealkylation sites (tertiary alicyclic amines) is 1. The summed E-state index contributed by atoms with van der Waals surface area (Å²) in [5, 5.41) is 4.31. The number of carbonyl (C=O) groups is 1. The van der Waals surface area contributed by atoms with Crippen LogP contribution < -0.4 is 5.32 Å². The van der Waals surface area contributed by atoms with Crippen molar-refractivity contribution in [3.05, 3.63) is 84.1 Å². The molecule has 0 bridgehead atoms. The minimum Gasteiger partial charge on any atom is -0.326 e. The Hall–Kier alpha value is -3.26. The van der Waals surface area contributed by atoms with Crippen molar-refractivity contribution in [3.63, 3.8) is 0 Å². The third-order valence-electron chi connectivity index (χ3n) is 5.79. The molecule has 0 spiro atoms. The van der Waals surface area contributed by atoms with Gasteiger partial charge in [0.25, 0.3) is 12.3 Å². The Morgan fingerprint density at radius 2 is 1.76 bits per heavy atom. The van der Waals surface area contributed by atoms with E-state index in [9.17, 15) is 26.7 Å². The Balaban J connectivity index is 1.49. The molecule has 33 heavy (non-hydrogen) atoms. The highest BCUT2D eigenvalue weighted by atomic mass is 19.4. The number of nitrogens with zero attached hydrogens (tertiary/aromatic N) is 1. The van der Waals surface area contributed by atoms with E-state index in [1.807, 2.05) is 12.1 Å². The van der Waals surface area contributed by atoms with Crippen molar-refractivity contribution in [1.82, 2.24) is 10.2 Å². The van der Waals surface area contributed by atoms with Crippen molar-refractivity contribution in [1.29, 1.82) is 0 Å². The summed E-state index contributed by atoms with van der Waals surface area (Å²) >= 11 is 0. The van der Waals surface area contributed by atoms with E-state index in [0.29, 0.717) is 29.9 Å². The fourth-order valence-corrected chi connectivity index (χ4v) is 3.97. The number of rotatable bonds is 6. The third-order valence-corrected chi connectivity index (χ3v) is 5.79. The maximum atomic E-state index is 12.9. The lowest BCUT2D eigenvalue weighted by molar-refractivity contribution is -0.137. The van der Waals surface area contributed by atoms with Crippen LogP contribution in [0.15, 0.2) is 72.9 Å². The minimum atomic E-state index is -4.40. The molecule has 3 aromatic rings. The molecule has 172 valence electrons. The number of carbonyl (C=O) groups excluding carboxylic acids is 1. The van der Waals surface area contributed by atoms with Crippen LogP contribution in [0.5, 0.6) is 0 Å². The number of benzene rings is 3. The van der Waals surface area contributed by atoms with Crippen molar-refractivity contribution in [2.75, 3.05) is 19.6 Å². The molecule has 1 aliphatic heterocycles. The quantitative estimate of drug-likeness (QED) is 0.460. The Kier molecular flexibility index (Phi) is 6.21. The highest BCUT2D eigenvalue weighted by molar-refractivity contribution is 6.03. The van der Waals surface area contributed by atoms with Crippen LogP contribution in [0, 0.1) is 5.92 Å². The van der Waals surface area contributed by atoms with Crippen molar-refractivity contribution in [2.45, 2.75) is 12.6 Å². The number of alkyl halides is 5. The summed E-state index contributed by atoms with van der Waals surface area (Å²) in [5.74, 6) is -0.423. The lowest BCUT2D eigenvalue weighted by atomic mass is 9.95. The Bertz CT molecular complexity index is 1180. The predicted molar refractivity (Wildman–Crippen MR) is 117 cm³/mol. The van der Waals surface area contributed by atoms with Gasteiger partial charge in [-0.1, -0.05) is 43.0 Å². The Morgan fingerprint density at radius 1 is 1.06 bits per heavy atom. The first-order valence-electron chi connectivity index (χ1n) is 10.3. The molecular formula is C25H21F5N2O. The van der Waals surface area contributed by atoms with Gasteiger partial charge in [0.15, 0.2) is 0 Å². The zero-order chi connectivity index (χ0) is 23.8. The van der Waals surface area contributed by atoms with Gasteiger partial charge in [0.2, 0.25) is 0 Å². The summed E-state index contributed by atoms with van der Waals surface area (Å²) in [4.78, 5) is 14.3. The van der Waals surface area contributed by atoms with Gasteiger partial charge in [-0.15, -0.1) is 0 Å². The summed E-state index contributed by atoms with van der Waals surface area (Å²) in [6.45, 7) is 4.44. The van der Waals surface area contributed by atoms with Crippen LogP contribution in [0.4, 0.5) is 22.0 Å². The average molecular weight is 460 g/mol. The third kappa shape index (κ3) is 5.06. The fourth-order valence-electron chi connectivity index (χ4n) is 3.97. The highest BCUT2D eigenvalue weighted by Gasteiger charge is 2.31. The van der Waals surface area contributed by atoms with Gasteiger partial charge in [-0.2, -0.15) is 13.2 Å². The fraction of sp³-hybridized carbons (Fsp3) is 0.240. The number of fused-ring (bicyclic) bond motifs is 1. The summed E-state index contributed by atoms with van der Waals surface area (Å²) < 4.78 is 63.4. The molecular weight excluding hydrogens is 439 g/mol. The first-order chi connectivity index (χ1) is 15.6. The number of amides is 1. The molecule has 1 N–H and O–H groups in total. The van der Waals surface area contributed by atoms with Crippen molar-refractivity contribution >= 4 is 16.7 Å². The lowest BCUT2D eigenvalue weighted by Gasteiger charge is -2.40. The van der Waals surface area contributed by atoms with Crippen molar-refractivity contribution in [2.24, 2.45) is 5.92 Å². The Morgan fingerprint density at radius 3 is 2.39 bits per heavy atom. The van der Waals surface area contributed by atoms with Crippen LogP contribution in [0.2, 0.25) is 0 Å². The van der Waals surface area contributed by atoms with Crippen LogP contribution in [-0.4, -0.2) is 36.9 Å². The molecule has 0 aliphatic carbocycles. The average Bonchev–Trinajstić information content (AvgIpc) is 2.74. The second kappa shape index (κ2) is 8.94. The maximum Gasteiger partial charge on any atom is 0.416 e. The van der Waals surface area contributed by atoms with E-state index in [2.05, 4.69) is 11.9 Å². The van der Waals surface area contributed by atoms with E-state index in [4.69, 9.17) is 0 Å². The molecule has 1 amide bonds. The first kappa shape index (κ1) is 22.9. The molecule has 1 heterocycles. The predicted octanol–water partition coefficient (Wildman–Crippen LogP) is 5.97. The Labute approximate surface area is 187 Å². The largest absolute Gasteiger partial charge is 0.416 e. The standard InChI is InChI=1S/C25H21F5N2O/c1-15(19-12-32(13-19)14-23(26)27)31-24(33)18-7-10-22-17(11-18)3-2-4-21(22)16-5-8-20(9-6-16)25(28,29)30/h2-11,19,23H,1,12-14H2,(H,31,33). The van der Waals surface area contributed by atoms with Gasteiger partial charge in [-0.25, -0.2) is 8.78 Å². The van der Waals surface area contributed by atoms with Gasteiger partial charge >= 0.3 is 6.18 Å². The van der Waals surface area contributed by atoms with Gasteiger partial charge in [0, 0.05) is 30.3 Å². The SMILES string of the molecule is C=C(NC(=O)c1ccc2c(-c3ccc(C(F)(F)F)cc3)cccc2c1)C1CN(CC(F)F)C1. The first-order valence-corrected chi connectivity index (χ1v) is 10.3. The lowest BCUT2D eigenvalue weighted by Crippen LogP contribution is -2.51. The molecule has 8 heteroatoms. The number of nitrogens with one attached hydrogen (secondary N) is 1. The molecule has 0 radical (unpaired) electrons. The molecule has 1 saturated heterocycles. The summed E-state index contributed by atoms with van der Waals surface area (Å²) in [7, 11) is 0. The van der Waals surface area contributed by atoms with Gasteiger partial charge in [0.05, 0.1) is 12.1 Å². The molecule has 0 aromatic heterocycles. The van der Waals surface area contributed by atoms with E-state index >= 15 is 0 Å². The molecule has 0 atom stereocenters. The monoisotopic (exact) mass is 460 g/mol. The number of hydrogen-bond acceptors (Lipinski definition) is 2. The van der Waals surface area contributed by atoms with Gasteiger partial charge in [-0.05, 0) is 46.2 Å². The normalized spacial score (nSPS) is 15.0. The summed E-state index contributed by atoms with van der Waals surface area (Å²) in [6.07, 6.45) is -6.79. The zero-order valence-corrected chi connectivity index (χ0v) is 17.5. The smallest absolute Gasteiger partial charge is 0.326 e. The topological polar surface area (TPSA) is 32.3 Å². The van der Waals surface area contributed by atoms with Crippen LogP contribution in [0.25, 0.3) is 21.9 Å². The van der Waals surface area contributed by atoms with E-state index in [-0.39, 0.29) is 18.4 Å². The second-order valence-corrected chi connectivity index (χ2v) is 8.10. The van der Waals surface area contributed by atoms with E-state index < -0.39 is 18.2 Å². The molecule has 0 unspecified atom stereocenters. The number of hydrogen-bond donors (Lipinski definition) is 1. The molecule has 1 fully saturated rings. The zero-order valence-electron chi connectivity index (χ0n) is 17.5. The minimum absolute atomic E-state index is 0.0700. The molecule has 1 aliphatic rings. The van der Waals surface area contributed by atoms with Crippen LogP contribution in [0.1, 0.15) is 15.9 Å². The van der Waals surface area contributed by atoms with Gasteiger partial charge < -0.3 is 5.32 Å². The van der Waals surface area contributed by atoms with Crippen LogP contribution in [0.3, 0.4) is 0 Å². The van der Waals surface area contributed by atoms with Crippen LogP contribution in [-0.2, 0) is 6.18 Å². The van der Waals surface area contributed by atoms with Crippen molar-refractivity contribution in [3.8, 4) is 11.1 Å². The molecule has 3 nitrogen and oxygen atoms in total. The van der Waals surface area contributed by atoms with E-state index in [1.54, 1.807) is 29.2 Å².